The summed E-state index contributed by atoms with van der Waals surface area (Å²) in [6, 6.07) is 16.2. The summed E-state index contributed by atoms with van der Waals surface area (Å²) in [5.74, 6) is 1.75. The molecule has 4 aromatic rings. The van der Waals surface area contributed by atoms with E-state index in [1.807, 2.05) is 56.8 Å². The van der Waals surface area contributed by atoms with Crippen molar-refractivity contribution in [3.05, 3.63) is 72.3 Å². The predicted molar refractivity (Wildman–Crippen MR) is 130 cm³/mol. The summed E-state index contributed by atoms with van der Waals surface area (Å²) in [4.78, 5) is 13.9. The number of aliphatic hydroxyl groups excluding tert-OH is 1. The summed E-state index contributed by atoms with van der Waals surface area (Å²) < 4.78 is 4.28. The van der Waals surface area contributed by atoms with Gasteiger partial charge in [0.1, 0.15) is 5.82 Å². The molecule has 2 atom stereocenters. The lowest BCUT2D eigenvalue weighted by molar-refractivity contribution is 0.114. The summed E-state index contributed by atoms with van der Waals surface area (Å²) in [6.45, 7) is 1.93. The number of hydrogen-bond acceptors (Lipinski definition) is 6. The van der Waals surface area contributed by atoms with Gasteiger partial charge in [-0.25, -0.2) is 9.97 Å². The highest BCUT2D eigenvalue weighted by Gasteiger charge is 2.34. The van der Waals surface area contributed by atoms with Crippen LogP contribution in [0.25, 0.3) is 28.3 Å². The van der Waals surface area contributed by atoms with Gasteiger partial charge < -0.3 is 19.5 Å². The van der Waals surface area contributed by atoms with Crippen LogP contribution < -0.4 is 4.90 Å². The molecule has 0 unspecified atom stereocenters. The molecule has 0 aliphatic carbocycles. The van der Waals surface area contributed by atoms with Crippen LogP contribution in [-0.4, -0.2) is 68.4 Å². The maximum Gasteiger partial charge on any atom is 0.161 e. The zero-order valence-corrected chi connectivity index (χ0v) is 19.1. The van der Waals surface area contributed by atoms with Crippen molar-refractivity contribution < 1.29 is 5.11 Å². The second-order valence-electron chi connectivity index (χ2n) is 9.19. The van der Waals surface area contributed by atoms with Gasteiger partial charge in [-0.15, -0.1) is 0 Å². The molecule has 1 N–H and O–H groups in total. The van der Waals surface area contributed by atoms with Crippen molar-refractivity contribution in [3.63, 3.8) is 0 Å². The molecule has 0 amide bonds. The molecule has 1 saturated heterocycles. The normalized spacial score (nSPS) is 18.9. The van der Waals surface area contributed by atoms with Crippen LogP contribution >= 0.6 is 0 Å². The summed E-state index contributed by atoms with van der Waals surface area (Å²) in [6.07, 6.45) is 5.51. The number of aromatic nitrogens is 4. The molecule has 0 saturated carbocycles. The highest BCUT2D eigenvalue weighted by atomic mass is 16.3. The lowest BCUT2D eigenvalue weighted by atomic mass is 10.1. The Balaban J connectivity index is 1.40. The highest BCUT2D eigenvalue weighted by molar-refractivity contribution is 5.72. The third-order valence-electron chi connectivity index (χ3n) is 6.88. The second kappa shape index (κ2) is 7.83. The lowest BCUT2D eigenvalue weighted by Crippen LogP contribution is -2.38. The van der Waals surface area contributed by atoms with Crippen molar-refractivity contribution >= 4 is 5.82 Å². The number of nitrogens with zero attached hydrogens (tertiary/aromatic N) is 7. The minimum absolute atomic E-state index is 0.0897. The van der Waals surface area contributed by atoms with Gasteiger partial charge in [0, 0.05) is 37.2 Å². The molecule has 2 aliphatic rings. The minimum atomic E-state index is -0.401. The van der Waals surface area contributed by atoms with E-state index in [0.717, 1.165) is 46.4 Å². The Morgan fingerprint density at radius 1 is 1.09 bits per heavy atom. The van der Waals surface area contributed by atoms with Crippen LogP contribution in [-0.2, 0) is 6.54 Å². The molecule has 5 heterocycles. The Bertz CT molecular complexity index is 1410. The fourth-order valence-electron chi connectivity index (χ4n) is 5.03. The fourth-order valence-corrected chi connectivity index (χ4v) is 5.03. The van der Waals surface area contributed by atoms with Crippen LogP contribution in [0.1, 0.15) is 11.3 Å². The largest absolute Gasteiger partial charge is 0.390 e. The van der Waals surface area contributed by atoms with Gasteiger partial charge in [-0.1, -0.05) is 12.1 Å². The number of anilines is 1. The molecule has 1 fully saturated rings. The van der Waals surface area contributed by atoms with E-state index in [2.05, 4.69) is 48.3 Å². The molecule has 0 radical (unpaired) electrons. The van der Waals surface area contributed by atoms with Gasteiger partial charge in [0.15, 0.2) is 5.82 Å². The summed E-state index contributed by atoms with van der Waals surface area (Å²) in [5.41, 5.74) is 5.78. The quantitative estimate of drug-likeness (QED) is 0.454. The van der Waals surface area contributed by atoms with Gasteiger partial charge in [-0.05, 0) is 50.0 Å². The number of nitriles is 1. The van der Waals surface area contributed by atoms with Crippen LogP contribution in [0.3, 0.4) is 0 Å². The van der Waals surface area contributed by atoms with Crippen molar-refractivity contribution in [2.75, 3.05) is 32.1 Å². The standard InChI is InChI=1S/C26H25N7O/c1-30(2)23-15-32(16-24(23)34)25-8-7-21-20(29-25)14-31-13-19(18-5-3-17(12-27)4-6-18)11-22(31)26-28-9-10-33(21)26/h3-11,13,23-24,34H,14-16H2,1-2H3/t23-,24-/m0/s1. The molecular weight excluding hydrogens is 426 g/mol. The van der Waals surface area contributed by atoms with Crippen molar-refractivity contribution in [1.82, 2.24) is 24.0 Å². The van der Waals surface area contributed by atoms with Gasteiger partial charge in [-0.2, -0.15) is 5.26 Å². The fraction of sp³-hybridized carbons (Fsp3) is 0.269. The molecule has 6 rings (SSSR count). The molecule has 0 spiro atoms. The van der Waals surface area contributed by atoms with E-state index in [4.69, 9.17) is 10.2 Å². The number of β-amino-alcohol motifs (C(OH)–C–C–N with tert-alkyl or cyclic N) is 1. The Morgan fingerprint density at radius 3 is 2.65 bits per heavy atom. The summed E-state index contributed by atoms with van der Waals surface area (Å²) in [7, 11) is 4.00. The number of hydrogen-bond donors (Lipinski definition) is 1. The summed E-state index contributed by atoms with van der Waals surface area (Å²) in [5, 5.41) is 19.6. The van der Waals surface area contributed by atoms with E-state index in [-0.39, 0.29) is 6.04 Å². The van der Waals surface area contributed by atoms with Gasteiger partial charge in [0.25, 0.3) is 0 Å². The van der Waals surface area contributed by atoms with Gasteiger partial charge in [0.2, 0.25) is 0 Å². The molecule has 3 aromatic heterocycles. The van der Waals surface area contributed by atoms with E-state index in [1.165, 1.54) is 0 Å². The van der Waals surface area contributed by atoms with E-state index in [1.54, 1.807) is 0 Å². The van der Waals surface area contributed by atoms with Crippen LogP contribution in [0.5, 0.6) is 0 Å². The molecule has 8 nitrogen and oxygen atoms in total. The number of pyridine rings is 1. The molecular formula is C26H25N7O. The number of imidazole rings is 1. The first-order valence-corrected chi connectivity index (χ1v) is 11.4. The number of fused-ring (bicyclic) bond motifs is 5. The first kappa shape index (κ1) is 20.7. The number of benzene rings is 1. The number of rotatable bonds is 3. The topological polar surface area (TPSA) is 86.1 Å². The zero-order valence-electron chi connectivity index (χ0n) is 19.1. The highest BCUT2D eigenvalue weighted by Crippen LogP contribution is 2.34. The number of aliphatic hydroxyl groups is 1. The SMILES string of the molecule is CN(C)[C@H]1CN(c2ccc3c(n2)Cn2cc(-c4ccc(C#N)cc4)cc2-c2nccn2-3)C[C@@H]1O. The average molecular weight is 452 g/mol. The zero-order chi connectivity index (χ0) is 23.4. The first-order chi connectivity index (χ1) is 16.5. The molecule has 1 aromatic carbocycles. The monoisotopic (exact) mass is 451 g/mol. The van der Waals surface area contributed by atoms with Crippen molar-refractivity contribution in [2.24, 2.45) is 0 Å². The molecule has 170 valence electrons. The Labute approximate surface area is 197 Å². The van der Waals surface area contributed by atoms with E-state index in [0.29, 0.717) is 18.7 Å². The maximum atomic E-state index is 10.5. The molecule has 2 aliphatic heterocycles. The Morgan fingerprint density at radius 2 is 1.91 bits per heavy atom. The van der Waals surface area contributed by atoms with Gasteiger partial charge in [0.05, 0.1) is 47.4 Å². The smallest absolute Gasteiger partial charge is 0.161 e. The molecule has 34 heavy (non-hydrogen) atoms. The van der Waals surface area contributed by atoms with Crippen LogP contribution in [0.15, 0.2) is 61.1 Å². The molecule has 0 bridgehead atoms. The van der Waals surface area contributed by atoms with Crippen LogP contribution in [0.4, 0.5) is 5.82 Å². The second-order valence-corrected chi connectivity index (χ2v) is 9.19. The third kappa shape index (κ3) is 3.29. The maximum absolute atomic E-state index is 10.5. The average Bonchev–Trinajstić information content (AvgIpc) is 3.56. The van der Waals surface area contributed by atoms with Crippen molar-refractivity contribution in [1.29, 1.82) is 5.26 Å². The summed E-state index contributed by atoms with van der Waals surface area (Å²) >= 11 is 0. The van der Waals surface area contributed by atoms with Crippen LogP contribution in [0, 0.1) is 11.3 Å². The third-order valence-corrected chi connectivity index (χ3v) is 6.88. The van der Waals surface area contributed by atoms with E-state index in [9.17, 15) is 5.11 Å². The van der Waals surface area contributed by atoms with Gasteiger partial charge >= 0.3 is 0 Å². The Hall–Kier alpha value is -3.93. The number of likely N-dealkylation sites (N-methyl/N-ethyl adjacent to an activating group) is 1. The van der Waals surface area contributed by atoms with Crippen molar-refractivity contribution in [3.8, 4) is 34.4 Å². The lowest BCUT2D eigenvalue weighted by Gasteiger charge is -2.22. The first-order valence-electron chi connectivity index (χ1n) is 11.4. The molecule has 8 heteroatoms. The predicted octanol–water partition coefficient (Wildman–Crippen LogP) is 2.75. The van der Waals surface area contributed by atoms with E-state index < -0.39 is 6.10 Å². The van der Waals surface area contributed by atoms with Crippen molar-refractivity contribution in [2.45, 2.75) is 18.7 Å². The van der Waals surface area contributed by atoms with Gasteiger partial charge in [-0.3, -0.25) is 4.57 Å². The van der Waals surface area contributed by atoms with Crippen LogP contribution in [0.2, 0.25) is 0 Å². The van der Waals surface area contributed by atoms with E-state index >= 15 is 0 Å². The Kier molecular flexibility index (Phi) is 4.76. The minimum Gasteiger partial charge on any atom is -0.390 e.